The zero-order valence-electron chi connectivity index (χ0n) is 13.0. The SMILES string of the molecule is C/C=C/C=C/C(OCc1ccccc1)c1ccccc1[N+](=O)[O-]. The summed E-state index contributed by atoms with van der Waals surface area (Å²) in [6.45, 7) is 2.30. The summed E-state index contributed by atoms with van der Waals surface area (Å²) in [6.07, 6.45) is 6.95. The van der Waals surface area contributed by atoms with E-state index in [1.165, 1.54) is 6.07 Å². The van der Waals surface area contributed by atoms with E-state index in [2.05, 4.69) is 0 Å². The normalized spacial score (nSPS) is 12.7. The average molecular weight is 309 g/mol. The molecule has 0 aliphatic heterocycles. The first kappa shape index (κ1) is 16.6. The summed E-state index contributed by atoms with van der Waals surface area (Å²) in [5.74, 6) is 0. The molecule has 1 unspecified atom stereocenters. The van der Waals surface area contributed by atoms with E-state index in [4.69, 9.17) is 4.74 Å². The van der Waals surface area contributed by atoms with E-state index < -0.39 is 6.10 Å². The van der Waals surface area contributed by atoms with Crippen LogP contribution in [0.5, 0.6) is 0 Å². The molecular weight excluding hydrogens is 290 g/mol. The van der Waals surface area contributed by atoms with Crippen molar-refractivity contribution in [2.45, 2.75) is 19.6 Å². The molecule has 0 aromatic heterocycles. The molecule has 0 fully saturated rings. The summed E-state index contributed by atoms with van der Waals surface area (Å²) >= 11 is 0. The fourth-order valence-electron chi connectivity index (χ4n) is 2.18. The van der Waals surface area contributed by atoms with Crippen molar-refractivity contribution in [1.29, 1.82) is 0 Å². The predicted octanol–water partition coefficient (Wildman–Crippen LogP) is 4.99. The van der Waals surface area contributed by atoms with Crippen molar-refractivity contribution in [3.63, 3.8) is 0 Å². The van der Waals surface area contributed by atoms with Crippen LogP contribution in [0.2, 0.25) is 0 Å². The Hall–Kier alpha value is -2.72. The smallest absolute Gasteiger partial charge is 0.275 e. The molecule has 0 saturated carbocycles. The number of nitrogens with zero attached hydrogens (tertiary/aromatic N) is 1. The molecule has 2 aromatic rings. The highest BCUT2D eigenvalue weighted by Gasteiger charge is 2.20. The number of benzene rings is 2. The first-order valence-corrected chi connectivity index (χ1v) is 7.40. The van der Waals surface area contributed by atoms with Gasteiger partial charge in [-0.3, -0.25) is 10.1 Å². The van der Waals surface area contributed by atoms with Gasteiger partial charge in [0, 0.05) is 6.07 Å². The Labute approximate surface area is 135 Å². The van der Waals surface area contributed by atoms with Crippen LogP contribution in [0.1, 0.15) is 24.2 Å². The summed E-state index contributed by atoms with van der Waals surface area (Å²) < 4.78 is 5.93. The number of rotatable bonds is 7. The van der Waals surface area contributed by atoms with Crippen LogP contribution in [0.15, 0.2) is 78.9 Å². The lowest BCUT2D eigenvalue weighted by Gasteiger charge is -2.15. The Morgan fingerprint density at radius 1 is 1.09 bits per heavy atom. The van der Waals surface area contributed by atoms with Gasteiger partial charge in [0.15, 0.2) is 0 Å². The Bertz CT molecular complexity index is 693. The summed E-state index contributed by atoms with van der Waals surface area (Å²) in [4.78, 5) is 10.9. The minimum atomic E-state index is -0.479. The van der Waals surface area contributed by atoms with Crippen LogP contribution in [0.4, 0.5) is 5.69 Å². The van der Waals surface area contributed by atoms with Crippen molar-refractivity contribution in [3.05, 3.63) is 100 Å². The number of nitro benzene ring substituents is 1. The average Bonchev–Trinajstić information content (AvgIpc) is 2.59. The van der Waals surface area contributed by atoms with Crippen LogP contribution in [0.3, 0.4) is 0 Å². The third-order valence-corrected chi connectivity index (χ3v) is 3.30. The fraction of sp³-hybridized carbons (Fsp3) is 0.158. The van der Waals surface area contributed by atoms with Crippen molar-refractivity contribution in [3.8, 4) is 0 Å². The molecule has 0 spiro atoms. The van der Waals surface area contributed by atoms with Crippen LogP contribution in [-0.4, -0.2) is 4.92 Å². The molecule has 0 bridgehead atoms. The van der Waals surface area contributed by atoms with Crippen molar-refractivity contribution >= 4 is 5.69 Å². The van der Waals surface area contributed by atoms with Gasteiger partial charge in [-0.2, -0.15) is 0 Å². The molecule has 0 N–H and O–H groups in total. The molecule has 23 heavy (non-hydrogen) atoms. The molecule has 118 valence electrons. The Kier molecular flexibility index (Phi) is 6.27. The number of hydrogen-bond acceptors (Lipinski definition) is 3. The van der Waals surface area contributed by atoms with Crippen LogP contribution >= 0.6 is 0 Å². The maximum Gasteiger partial charge on any atom is 0.275 e. The molecule has 0 radical (unpaired) electrons. The minimum absolute atomic E-state index is 0.0655. The lowest BCUT2D eigenvalue weighted by molar-refractivity contribution is -0.386. The summed E-state index contributed by atoms with van der Waals surface area (Å²) in [5, 5.41) is 11.2. The van der Waals surface area contributed by atoms with Crippen molar-refractivity contribution in [2.75, 3.05) is 0 Å². The summed E-state index contributed by atoms with van der Waals surface area (Å²) in [6, 6.07) is 16.4. The van der Waals surface area contributed by atoms with E-state index in [0.717, 1.165) is 5.56 Å². The van der Waals surface area contributed by atoms with Crippen LogP contribution in [-0.2, 0) is 11.3 Å². The van der Waals surface area contributed by atoms with Gasteiger partial charge in [0.05, 0.1) is 17.1 Å². The molecular formula is C19H19NO3. The molecule has 4 heteroatoms. The zero-order valence-corrected chi connectivity index (χ0v) is 13.0. The molecule has 0 aliphatic rings. The maximum absolute atomic E-state index is 11.2. The van der Waals surface area contributed by atoms with Crippen molar-refractivity contribution in [1.82, 2.24) is 0 Å². The Morgan fingerprint density at radius 2 is 1.78 bits per heavy atom. The van der Waals surface area contributed by atoms with E-state index in [9.17, 15) is 10.1 Å². The predicted molar refractivity (Wildman–Crippen MR) is 91.0 cm³/mol. The van der Waals surface area contributed by atoms with Crippen molar-refractivity contribution in [2.24, 2.45) is 0 Å². The highest BCUT2D eigenvalue weighted by atomic mass is 16.6. The molecule has 0 aliphatic carbocycles. The van der Waals surface area contributed by atoms with Gasteiger partial charge in [-0.25, -0.2) is 0 Å². The summed E-state index contributed by atoms with van der Waals surface area (Å²) in [7, 11) is 0. The van der Waals surface area contributed by atoms with Crippen molar-refractivity contribution < 1.29 is 9.66 Å². The molecule has 2 rings (SSSR count). The number of nitro groups is 1. The first-order valence-electron chi connectivity index (χ1n) is 7.40. The topological polar surface area (TPSA) is 52.4 Å². The molecule has 0 amide bonds. The van der Waals surface area contributed by atoms with Gasteiger partial charge >= 0.3 is 0 Å². The largest absolute Gasteiger partial charge is 0.364 e. The lowest BCUT2D eigenvalue weighted by atomic mass is 10.1. The van der Waals surface area contributed by atoms with E-state index >= 15 is 0 Å². The van der Waals surface area contributed by atoms with Gasteiger partial charge in [0.1, 0.15) is 6.10 Å². The molecule has 1 atom stereocenters. The van der Waals surface area contributed by atoms with Gasteiger partial charge in [0.25, 0.3) is 5.69 Å². The highest BCUT2D eigenvalue weighted by Crippen LogP contribution is 2.29. The third-order valence-electron chi connectivity index (χ3n) is 3.30. The second-order valence-electron chi connectivity index (χ2n) is 4.94. The van der Waals surface area contributed by atoms with Crippen LogP contribution in [0.25, 0.3) is 0 Å². The molecule has 0 saturated heterocycles. The number of para-hydroxylation sites is 1. The fourth-order valence-corrected chi connectivity index (χ4v) is 2.18. The van der Waals surface area contributed by atoms with E-state index in [0.29, 0.717) is 12.2 Å². The number of ether oxygens (including phenoxy) is 1. The monoisotopic (exact) mass is 309 g/mol. The standard InChI is InChI=1S/C19H19NO3/c1-2-3-5-14-19(23-15-16-10-6-4-7-11-16)17-12-8-9-13-18(17)20(21)22/h2-14,19H,15H2,1H3/b3-2+,14-5+. The van der Waals surface area contributed by atoms with Gasteiger partial charge in [-0.15, -0.1) is 0 Å². The second-order valence-corrected chi connectivity index (χ2v) is 4.94. The van der Waals surface area contributed by atoms with E-state index in [1.807, 2.05) is 61.6 Å². The van der Waals surface area contributed by atoms with Gasteiger partial charge in [-0.1, -0.05) is 66.8 Å². The molecule has 0 heterocycles. The third kappa shape index (κ3) is 4.90. The Balaban J connectivity index is 2.25. The highest BCUT2D eigenvalue weighted by molar-refractivity contribution is 5.43. The number of hydrogen-bond donors (Lipinski definition) is 0. The number of allylic oxidation sites excluding steroid dienone is 3. The maximum atomic E-state index is 11.2. The minimum Gasteiger partial charge on any atom is -0.364 e. The van der Waals surface area contributed by atoms with Crippen LogP contribution in [0, 0.1) is 10.1 Å². The zero-order chi connectivity index (χ0) is 16.5. The van der Waals surface area contributed by atoms with Gasteiger partial charge in [-0.05, 0) is 18.6 Å². The summed E-state index contributed by atoms with van der Waals surface area (Å²) in [5.41, 5.74) is 1.64. The van der Waals surface area contributed by atoms with Gasteiger partial charge in [0.2, 0.25) is 0 Å². The quantitative estimate of drug-likeness (QED) is 0.411. The van der Waals surface area contributed by atoms with Gasteiger partial charge < -0.3 is 4.74 Å². The lowest BCUT2D eigenvalue weighted by Crippen LogP contribution is -2.05. The first-order chi connectivity index (χ1) is 11.2. The Morgan fingerprint density at radius 3 is 2.48 bits per heavy atom. The van der Waals surface area contributed by atoms with E-state index in [-0.39, 0.29) is 10.6 Å². The van der Waals surface area contributed by atoms with E-state index in [1.54, 1.807) is 18.2 Å². The molecule has 4 nitrogen and oxygen atoms in total. The second kappa shape index (κ2) is 8.66. The van der Waals surface area contributed by atoms with Crippen LogP contribution < -0.4 is 0 Å². The molecule has 2 aromatic carbocycles.